The second-order valence-electron chi connectivity index (χ2n) is 11.7. The van der Waals surface area contributed by atoms with E-state index in [0.717, 1.165) is 23.7 Å². The summed E-state index contributed by atoms with van der Waals surface area (Å²) in [5, 5.41) is 10.4. The molecule has 0 bridgehead atoms. The van der Waals surface area contributed by atoms with E-state index in [9.17, 15) is 5.11 Å². The van der Waals surface area contributed by atoms with Crippen LogP contribution >= 0.6 is 0 Å². The minimum absolute atomic E-state index is 0.131. The molecule has 0 aliphatic heterocycles. The molecule has 0 aromatic heterocycles. The monoisotopic (exact) mass is 358 g/mol. The highest BCUT2D eigenvalue weighted by Gasteiger charge is 2.59. The minimum atomic E-state index is -0.131. The van der Waals surface area contributed by atoms with Crippen molar-refractivity contribution in [2.45, 2.75) is 99.0 Å². The minimum Gasteiger partial charge on any atom is -0.393 e. The van der Waals surface area contributed by atoms with Crippen LogP contribution in [0.4, 0.5) is 0 Å². The molecule has 4 aliphatic rings. The number of rotatable bonds is 2. The van der Waals surface area contributed by atoms with Gasteiger partial charge in [-0.3, -0.25) is 0 Å². The molecule has 148 valence electrons. The molecule has 8 unspecified atom stereocenters. The van der Waals surface area contributed by atoms with E-state index in [1.54, 1.807) is 0 Å². The third-order valence-corrected chi connectivity index (χ3v) is 10.5. The number of aliphatic hydroxyl groups is 1. The zero-order valence-corrected chi connectivity index (χ0v) is 18.1. The highest BCUT2D eigenvalue weighted by molar-refractivity contribution is 5.26. The number of hydrogen-bond acceptors (Lipinski definition) is 1. The van der Waals surface area contributed by atoms with Gasteiger partial charge in [-0.2, -0.15) is 0 Å². The van der Waals surface area contributed by atoms with Crippen molar-refractivity contribution < 1.29 is 5.11 Å². The van der Waals surface area contributed by atoms with E-state index in [1.165, 1.54) is 51.4 Å². The van der Waals surface area contributed by atoms with Crippen LogP contribution in [0.25, 0.3) is 0 Å². The lowest BCUT2D eigenvalue weighted by Crippen LogP contribution is -2.51. The SMILES string of the molecule is CC(O)C1CCC2C3CC=C4CC(C)(C(C)C)CCC4(C)C3CCC12C. The van der Waals surface area contributed by atoms with Crippen molar-refractivity contribution >= 4 is 0 Å². The first kappa shape index (κ1) is 19.0. The van der Waals surface area contributed by atoms with Gasteiger partial charge in [0.15, 0.2) is 0 Å². The van der Waals surface area contributed by atoms with E-state index in [1.807, 2.05) is 12.5 Å². The molecule has 0 heterocycles. The quantitative estimate of drug-likeness (QED) is 0.551. The lowest BCUT2D eigenvalue weighted by atomic mass is 9.45. The van der Waals surface area contributed by atoms with Gasteiger partial charge in [0.2, 0.25) is 0 Å². The van der Waals surface area contributed by atoms with Gasteiger partial charge in [0.1, 0.15) is 0 Å². The summed E-state index contributed by atoms with van der Waals surface area (Å²) < 4.78 is 0. The number of fused-ring (bicyclic) bond motifs is 5. The van der Waals surface area contributed by atoms with Gasteiger partial charge < -0.3 is 5.11 Å². The Morgan fingerprint density at radius 3 is 2.35 bits per heavy atom. The van der Waals surface area contributed by atoms with E-state index >= 15 is 0 Å². The van der Waals surface area contributed by atoms with Crippen LogP contribution < -0.4 is 0 Å². The summed E-state index contributed by atoms with van der Waals surface area (Å²) in [6, 6.07) is 0. The van der Waals surface area contributed by atoms with Gasteiger partial charge in [0, 0.05) is 0 Å². The van der Waals surface area contributed by atoms with Gasteiger partial charge >= 0.3 is 0 Å². The Morgan fingerprint density at radius 1 is 0.962 bits per heavy atom. The van der Waals surface area contributed by atoms with Crippen molar-refractivity contribution in [1.82, 2.24) is 0 Å². The van der Waals surface area contributed by atoms with Crippen LogP contribution in [0.2, 0.25) is 0 Å². The lowest BCUT2D eigenvalue weighted by molar-refractivity contribution is -0.0699. The molecule has 0 aromatic rings. The molecular formula is C25H42O. The average Bonchev–Trinajstić information content (AvgIpc) is 2.93. The molecule has 1 heteroatoms. The summed E-state index contributed by atoms with van der Waals surface area (Å²) in [5.41, 5.74) is 3.17. The van der Waals surface area contributed by atoms with Crippen molar-refractivity contribution in [3.05, 3.63) is 11.6 Å². The standard InChI is InChI=1S/C25H42O/c1-16(2)23(4)13-14-24(5)18(15-23)7-8-19-21-10-9-20(17(3)26)25(21,6)12-11-22(19)24/h7,16-17,19-22,26H,8-15H2,1-6H3. The van der Waals surface area contributed by atoms with Gasteiger partial charge in [-0.05, 0) is 104 Å². The van der Waals surface area contributed by atoms with Gasteiger partial charge in [0.25, 0.3) is 0 Å². The molecular weight excluding hydrogens is 316 g/mol. The summed E-state index contributed by atoms with van der Waals surface area (Å²) in [5.74, 6) is 3.91. The molecule has 26 heavy (non-hydrogen) atoms. The zero-order valence-electron chi connectivity index (χ0n) is 18.1. The third-order valence-electron chi connectivity index (χ3n) is 10.5. The molecule has 3 saturated carbocycles. The largest absolute Gasteiger partial charge is 0.393 e. The van der Waals surface area contributed by atoms with Crippen LogP contribution in [-0.2, 0) is 0 Å². The number of aliphatic hydroxyl groups excluding tert-OH is 1. The number of allylic oxidation sites excluding steroid dienone is 2. The predicted molar refractivity (Wildman–Crippen MR) is 110 cm³/mol. The predicted octanol–water partition coefficient (Wildman–Crippen LogP) is 6.61. The summed E-state index contributed by atoms with van der Waals surface area (Å²) >= 11 is 0. The summed E-state index contributed by atoms with van der Waals surface area (Å²) in [6.45, 7) is 14.6. The molecule has 0 spiro atoms. The van der Waals surface area contributed by atoms with Crippen LogP contribution in [0.1, 0.15) is 92.9 Å². The van der Waals surface area contributed by atoms with Gasteiger partial charge in [-0.25, -0.2) is 0 Å². The fraction of sp³-hybridized carbons (Fsp3) is 0.920. The van der Waals surface area contributed by atoms with Crippen LogP contribution in [-0.4, -0.2) is 11.2 Å². The maximum atomic E-state index is 10.4. The van der Waals surface area contributed by atoms with Crippen LogP contribution in [0.15, 0.2) is 11.6 Å². The topological polar surface area (TPSA) is 20.2 Å². The van der Waals surface area contributed by atoms with Crippen LogP contribution in [0.5, 0.6) is 0 Å². The van der Waals surface area contributed by atoms with Gasteiger partial charge in [-0.1, -0.05) is 46.3 Å². The molecule has 1 nitrogen and oxygen atoms in total. The summed E-state index contributed by atoms with van der Waals surface area (Å²) in [4.78, 5) is 0. The highest BCUT2D eigenvalue weighted by atomic mass is 16.3. The molecule has 0 saturated heterocycles. The van der Waals surface area contributed by atoms with Crippen molar-refractivity contribution in [3.63, 3.8) is 0 Å². The smallest absolute Gasteiger partial charge is 0.0545 e. The Kier molecular flexibility index (Phi) is 4.46. The summed E-state index contributed by atoms with van der Waals surface area (Å²) in [7, 11) is 0. The molecule has 3 fully saturated rings. The lowest BCUT2D eigenvalue weighted by Gasteiger charge is -2.60. The third kappa shape index (κ3) is 2.51. The Morgan fingerprint density at radius 2 is 1.69 bits per heavy atom. The van der Waals surface area contributed by atoms with Crippen LogP contribution in [0, 0.1) is 45.8 Å². The molecule has 4 rings (SSSR count). The fourth-order valence-electron chi connectivity index (χ4n) is 8.17. The average molecular weight is 359 g/mol. The normalized spacial score (nSPS) is 52.1. The molecule has 4 aliphatic carbocycles. The molecule has 0 radical (unpaired) electrons. The molecule has 0 amide bonds. The van der Waals surface area contributed by atoms with E-state index in [2.05, 4.69) is 40.7 Å². The first-order valence-electron chi connectivity index (χ1n) is 11.5. The summed E-state index contributed by atoms with van der Waals surface area (Å²) in [6.07, 6.45) is 13.4. The fourth-order valence-corrected chi connectivity index (χ4v) is 8.17. The number of hydrogen-bond donors (Lipinski definition) is 1. The Labute approximate surface area is 162 Å². The van der Waals surface area contributed by atoms with Crippen molar-refractivity contribution in [2.75, 3.05) is 0 Å². The molecule has 0 aromatic carbocycles. The Balaban J connectivity index is 1.63. The maximum Gasteiger partial charge on any atom is 0.0545 e. The first-order chi connectivity index (χ1) is 12.1. The van der Waals surface area contributed by atoms with E-state index in [4.69, 9.17) is 0 Å². The first-order valence-corrected chi connectivity index (χ1v) is 11.5. The van der Waals surface area contributed by atoms with E-state index in [-0.39, 0.29) is 6.10 Å². The van der Waals surface area contributed by atoms with Crippen molar-refractivity contribution in [1.29, 1.82) is 0 Å². The highest BCUT2D eigenvalue weighted by Crippen LogP contribution is 2.68. The zero-order chi connectivity index (χ0) is 18.9. The molecule has 8 atom stereocenters. The van der Waals surface area contributed by atoms with Crippen LogP contribution in [0.3, 0.4) is 0 Å². The second-order valence-corrected chi connectivity index (χ2v) is 11.7. The molecule has 1 N–H and O–H groups in total. The van der Waals surface area contributed by atoms with Gasteiger partial charge in [0.05, 0.1) is 6.10 Å². The second kappa shape index (κ2) is 6.10. The van der Waals surface area contributed by atoms with Crippen molar-refractivity contribution in [2.24, 2.45) is 45.8 Å². The van der Waals surface area contributed by atoms with E-state index < -0.39 is 0 Å². The Hall–Kier alpha value is -0.300. The van der Waals surface area contributed by atoms with Gasteiger partial charge in [-0.15, -0.1) is 0 Å². The van der Waals surface area contributed by atoms with E-state index in [0.29, 0.717) is 22.2 Å². The maximum absolute atomic E-state index is 10.4. The Bertz CT molecular complexity index is 589. The van der Waals surface area contributed by atoms with Crippen molar-refractivity contribution in [3.8, 4) is 0 Å².